The molecule has 0 aliphatic rings. The van der Waals surface area contributed by atoms with E-state index in [9.17, 15) is 9.59 Å². The van der Waals surface area contributed by atoms with Crippen molar-refractivity contribution in [2.45, 2.75) is 33.4 Å². The first-order valence-electron chi connectivity index (χ1n) is 9.89. The molecule has 0 unspecified atom stereocenters. The van der Waals surface area contributed by atoms with Gasteiger partial charge in [0.15, 0.2) is 0 Å². The van der Waals surface area contributed by atoms with Crippen molar-refractivity contribution in [1.82, 2.24) is 24.3 Å². The third-order valence-corrected chi connectivity index (χ3v) is 5.11. The van der Waals surface area contributed by atoms with Crippen LogP contribution in [0.4, 0.5) is 5.82 Å². The van der Waals surface area contributed by atoms with Crippen LogP contribution in [0.25, 0.3) is 16.7 Å². The molecular weight excluding hydrogens is 382 g/mol. The van der Waals surface area contributed by atoms with Crippen LogP contribution in [0.15, 0.2) is 47.9 Å². The highest BCUT2D eigenvalue weighted by atomic mass is 16.1. The van der Waals surface area contributed by atoms with Gasteiger partial charge in [0.25, 0.3) is 17.1 Å². The molecule has 4 aromatic heterocycles. The van der Waals surface area contributed by atoms with Crippen LogP contribution >= 0.6 is 0 Å². The third-order valence-electron chi connectivity index (χ3n) is 5.11. The first-order chi connectivity index (χ1) is 14.5. The average Bonchev–Trinajstić information content (AvgIpc) is 3.24. The van der Waals surface area contributed by atoms with Crippen molar-refractivity contribution in [3.8, 4) is 0 Å². The Labute approximate surface area is 172 Å². The molecule has 0 aromatic carbocycles. The van der Waals surface area contributed by atoms with Crippen LogP contribution in [0, 0.1) is 6.92 Å². The molecule has 4 rings (SSSR count). The van der Waals surface area contributed by atoms with Crippen molar-refractivity contribution in [3.05, 3.63) is 64.6 Å². The fraction of sp³-hybridized carbons (Fsp3) is 0.286. The van der Waals surface area contributed by atoms with Crippen LogP contribution in [0.1, 0.15) is 29.3 Å². The highest BCUT2D eigenvalue weighted by molar-refractivity contribution is 6.00. The molecule has 30 heavy (non-hydrogen) atoms. The summed E-state index contributed by atoms with van der Waals surface area (Å²) in [7, 11) is 0. The van der Waals surface area contributed by atoms with Gasteiger partial charge in [0.05, 0.1) is 12.9 Å². The molecule has 154 valence electrons. The molecule has 0 bridgehead atoms. The standard InChI is InChI=1S/C21H23N7O2/c1-3-24-20(29)15-12-16-19(25-18-14(2)6-4-9-28(18)21(16)30)27(17(15)22)10-5-8-26-11-7-23-13-26/h4,6-7,9,11-13,22H,3,5,8,10H2,1-2H3,(H,24,29)/p+1. The van der Waals surface area contributed by atoms with E-state index in [0.717, 1.165) is 18.5 Å². The summed E-state index contributed by atoms with van der Waals surface area (Å²) in [6, 6.07) is 5.26. The zero-order valence-corrected chi connectivity index (χ0v) is 17.0. The minimum absolute atomic E-state index is 0.229. The summed E-state index contributed by atoms with van der Waals surface area (Å²) >= 11 is 0. The van der Waals surface area contributed by atoms with Gasteiger partial charge in [-0.15, -0.1) is 0 Å². The zero-order chi connectivity index (χ0) is 21.3. The maximum absolute atomic E-state index is 13.2. The van der Waals surface area contributed by atoms with Crippen LogP contribution in [0.2, 0.25) is 0 Å². The summed E-state index contributed by atoms with van der Waals surface area (Å²) in [5.41, 5.74) is 8.39. The fourth-order valence-electron chi connectivity index (χ4n) is 3.60. The number of aryl methyl sites for hydroxylation is 3. The van der Waals surface area contributed by atoms with Gasteiger partial charge in [-0.1, -0.05) is 11.1 Å². The maximum atomic E-state index is 13.2. The number of hydrogen-bond acceptors (Lipinski definition) is 5. The lowest BCUT2D eigenvalue weighted by molar-refractivity contribution is -0.659. The molecule has 3 N–H and O–H groups in total. The first kappa shape index (κ1) is 19.6. The van der Waals surface area contributed by atoms with Gasteiger partial charge >= 0.3 is 0 Å². The smallest absolute Gasteiger partial charge is 0.278 e. The monoisotopic (exact) mass is 406 g/mol. The van der Waals surface area contributed by atoms with E-state index in [1.807, 2.05) is 30.7 Å². The molecule has 4 aromatic rings. The third kappa shape index (κ3) is 3.38. The second-order valence-corrected chi connectivity index (χ2v) is 7.15. The lowest BCUT2D eigenvalue weighted by Gasteiger charge is -2.12. The molecule has 0 spiro atoms. The number of imidazole rings is 1. The predicted octanol–water partition coefficient (Wildman–Crippen LogP) is 1.06. The Balaban J connectivity index is 1.91. The predicted molar refractivity (Wildman–Crippen MR) is 113 cm³/mol. The summed E-state index contributed by atoms with van der Waals surface area (Å²) in [6.07, 6.45) is 7.78. The minimum Gasteiger partial charge on any atom is -0.352 e. The van der Waals surface area contributed by atoms with E-state index >= 15 is 0 Å². The highest BCUT2D eigenvalue weighted by Crippen LogP contribution is 2.16. The van der Waals surface area contributed by atoms with Gasteiger partial charge in [0, 0.05) is 37.2 Å². The SMILES string of the molecule is CCNC(=O)c1cc2c(=O)n3cccc(C)c3nc2[n+](CCCn2ccnc2)c1N. The van der Waals surface area contributed by atoms with Crippen LogP contribution in [0.5, 0.6) is 0 Å². The average molecular weight is 406 g/mol. The van der Waals surface area contributed by atoms with E-state index in [1.54, 1.807) is 35.4 Å². The van der Waals surface area contributed by atoms with Crippen molar-refractivity contribution in [1.29, 1.82) is 0 Å². The second kappa shape index (κ2) is 7.94. The number of nitrogens with two attached hydrogens (primary N) is 1. The fourth-order valence-corrected chi connectivity index (χ4v) is 3.60. The van der Waals surface area contributed by atoms with Crippen molar-refractivity contribution in [3.63, 3.8) is 0 Å². The number of nitrogen functional groups attached to an aromatic ring is 1. The van der Waals surface area contributed by atoms with E-state index in [2.05, 4.69) is 10.3 Å². The molecule has 0 saturated heterocycles. The summed E-state index contributed by atoms with van der Waals surface area (Å²) in [5, 5.41) is 3.12. The molecule has 0 aliphatic heterocycles. The first-order valence-corrected chi connectivity index (χ1v) is 9.89. The molecule has 4 heterocycles. The Morgan fingerprint density at radius 2 is 2.17 bits per heavy atom. The lowest BCUT2D eigenvalue weighted by atomic mass is 10.1. The lowest BCUT2D eigenvalue weighted by Crippen LogP contribution is -2.43. The Morgan fingerprint density at radius 1 is 1.33 bits per heavy atom. The van der Waals surface area contributed by atoms with Gasteiger partial charge in [-0.25, -0.2) is 9.55 Å². The van der Waals surface area contributed by atoms with Crippen LogP contribution in [-0.4, -0.2) is 31.4 Å². The minimum atomic E-state index is -0.311. The Morgan fingerprint density at radius 3 is 2.90 bits per heavy atom. The molecular formula is C21H24N7O2+. The number of carbonyl (C=O) groups is 1. The van der Waals surface area contributed by atoms with E-state index in [-0.39, 0.29) is 17.0 Å². The quantitative estimate of drug-likeness (QED) is 0.367. The largest absolute Gasteiger partial charge is 0.352 e. The zero-order valence-electron chi connectivity index (χ0n) is 17.0. The number of anilines is 1. The maximum Gasteiger partial charge on any atom is 0.278 e. The number of nitrogens with zero attached hydrogens (tertiary/aromatic N) is 5. The van der Waals surface area contributed by atoms with E-state index in [4.69, 9.17) is 10.7 Å². The number of pyridine rings is 2. The number of fused-ring (bicyclic) bond motifs is 2. The summed E-state index contributed by atoms with van der Waals surface area (Å²) in [4.78, 5) is 34.6. The van der Waals surface area contributed by atoms with Gasteiger partial charge in [-0.05, 0) is 32.4 Å². The van der Waals surface area contributed by atoms with E-state index < -0.39 is 0 Å². The number of rotatable bonds is 6. The van der Waals surface area contributed by atoms with E-state index in [0.29, 0.717) is 35.6 Å². The van der Waals surface area contributed by atoms with Crippen LogP contribution in [0.3, 0.4) is 0 Å². The van der Waals surface area contributed by atoms with Crippen LogP contribution < -0.4 is 21.2 Å². The molecule has 0 fully saturated rings. The summed E-state index contributed by atoms with van der Waals surface area (Å²) in [5.74, 6) is -0.0158. The number of amides is 1. The number of nitrogens with one attached hydrogen (secondary N) is 1. The molecule has 9 heteroatoms. The van der Waals surface area contributed by atoms with Crippen LogP contribution in [-0.2, 0) is 13.1 Å². The molecule has 0 atom stereocenters. The van der Waals surface area contributed by atoms with Gasteiger partial charge in [0.1, 0.15) is 10.9 Å². The highest BCUT2D eigenvalue weighted by Gasteiger charge is 2.24. The normalized spacial score (nSPS) is 11.3. The molecule has 0 saturated carbocycles. The Hall–Kier alpha value is -3.75. The van der Waals surface area contributed by atoms with Gasteiger partial charge in [0.2, 0.25) is 11.5 Å². The van der Waals surface area contributed by atoms with Gasteiger partial charge in [-0.2, -0.15) is 0 Å². The summed E-state index contributed by atoms with van der Waals surface area (Å²) in [6.45, 7) is 5.43. The van der Waals surface area contributed by atoms with Gasteiger partial charge in [-0.3, -0.25) is 14.0 Å². The Kier molecular flexibility index (Phi) is 5.18. The molecule has 0 radical (unpaired) electrons. The summed E-state index contributed by atoms with van der Waals surface area (Å²) < 4.78 is 5.24. The Bertz CT molecular complexity index is 1290. The number of aromatic nitrogens is 5. The van der Waals surface area contributed by atoms with Crippen molar-refractivity contribution < 1.29 is 9.36 Å². The van der Waals surface area contributed by atoms with Crippen molar-refractivity contribution in [2.24, 2.45) is 0 Å². The number of hydrogen-bond donors (Lipinski definition) is 2. The number of carbonyl (C=O) groups excluding carboxylic acids is 1. The molecule has 0 aliphatic carbocycles. The molecule has 1 amide bonds. The van der Waals surface area contributed by atoms with Gasteiger partial charge < -0.3 is 15.6 Å². The van der Waals surface area contributed by atoms with Crippen molar-refractivity contribution in [2.75, 3.05) is 12.3 Å². The van der Waals surface area contributed by atoms with E-state index in [1.165, 1.54) is 4.40 Å². The molecule has 9 nitrogen and oxygen atoms in total. The van der Waals surface area contributed by atoms with Crippen molar-refractivity contribution >= 4 is 28.4 Å². The topological polar surface area (TPSA) is 111 Å². The second-order valence-electron chi connectivity index (χ2n) is 7.15.